The molecule has 0 aliphatic rings. The van der Waals surface area contributed by atoms with Crippen molar-refractivity contribution in [3.63, 3.8) is 0 Å². The lowest BCUT2D eigenvalue weighted by Gasteiger charge is -2.08. The quantitative estimate of drug-likeness (QED) is 0.533. The van der Waals surface area contributed by atoms with Gasteiger partial charge in [-0.25, -0.2) is 0 Å². The second kappa shape index (κ2) is 12.4. The predicted molar refractivity (Wildman–Crippen MR) is 114 cm³/mol. The molecule has 0 saturated carbocycles. The molecule has 0 heterocycles. The zero-order chi connectivity index (χ0) is 20.9. The van der Waals surface area contributed by atoms with Crippen molar-refractivity contribution in [2.75, 3.05) is 27.3 Å². The van der Waals surface area contributed by atoms with Crippen LogP contribution < -0.4 is 20.1 Å². The van der Waals surface area contributed by atoms with Crippen LogP contribution in [0.25, 0.3) is 0 Å². The van der Waals surface area contributed by atoms with Crippen molar-refractivity contribution in [3.05, 3.63) is 59.7 Å². The zero-order valence-electron chi connectivity index (χ0n) is 17.2. The second-order valence-corrected chi connectivity index (χ2v) is 6.74. The Morgan fingerprint density at radius 3 is 1.52 bits per heavy atom. The molecule has 2 aromatic carbocycles. The number of methoxy groups -OCH3 is 2. The Balaban J connectivity index is 1.51. The van der Waals surface area contributed by atoms with Crippen molar-refractivity contribution in [2.45, 2.75) is 32.1 Å². The largest absolute Gasteiger partial charge is 0.497 e. The van der Waals surface area contributed by atoms with Crippen molar-refractivity contribution in [1.29, 1.82) is 0 Å². The molecule has 0 spiro atoms. The van der Waals surface area contributed by atoms with E-state index in [-0.39, 0.29) is 11.8 Å². The Morgan fingerprint density at radius 2 is 1.10 bits per heavy atom. The first-order valence-electron chi connectivity index (χ1n) is 9.98. The molecule has 2 N–H and O–H groups in total. The Bertz CT molecular complexity index is 726. The van der Waals surface area contributed by atoms with Crippen molar-refractivity contribution in [1.82, 2.24) is 10.6 Å². The fraction of sp³-hybridized carbons (Fsp3) is 0.391. The third kappa shape index (κ3) is 7.86. The summed E-state index contributed by atoms with van der Waals surface area (Å²) in [6.45, 7) is 1.31. The van der Waals surface area contributed by atoms with Crippen LogP contribution >= 0.6 is 0 Å². The van der Waals surface area contributed by atoms with Crippen molar-refractivity contribution < 1.29 is 19.1 Å². The molecule has 0 aliphatic carbocycles. The summed E-state index contributed by atoms with van der Waals surface area (Å²) in [6.07, 6.45) is 5.03. The maximum absolute atomic E-state index is 12.1. The monoisotopic (exact) mass is 398 g/mol. The number of rotatable bonds is 12. The first-order valence-corrected chi connectivity index (χ1v) is 9.98. The molecule has 0 saturated heterocycles. The molecule has 29 heavy (non-hydrogen) atoms. The van der Waals surface area contributed by atoms with Gasteiger partial charge in [0.25, 0.3) is 11.8 Å². The standard InChI is InChI=1S/C23H30N2O4/c1-28-20-12-8-10-18(16-20)22(26)24-14-6-4-3-5-7-15-25-23(27)19-11-9-13-21(17-19)29-2/h8-13,16-17H,3-7,14-15H2,1-2H3,(H,24,26)(H,25,27). The van der Waals surface area contributed by atoms with E-state index in [1.807, 2.05) is 12.1 Å². The lowest BCUT2D eigenvalue weighted by atomic mass is 10.1. The summed E-state index contributed by atoms with van der Waals surface area (Å²) in [7, 11) is 3.17. The summed E-state index contributed by atoms with van der Waals surface area (Å²) in [5.41, 5.74) is 1.22. The predicted octanol–water partition coefficient (Wildman–Crippen LogP) is 3.81. The molecular weight excluding hydrogens is 368 g/mol. The Labute approximate surface area is 172 Å². The van der Waals surface area contributed by atoms with Gasteiger partial charge in [0.2, 0.25) is 0 Å². The first-order chi connectivity index (χ1) is 14.1. The molecule has 0 bridgehead atoms. The molecule has 2 rings (SSSR count). The van der Waals surface area contributed by atoms with Crippen LogP contribution in [0.3, 0.4) is 0 Å². The van der Waals surface area contributed by atoms with E-state index < -0.39 is 0 Å². The molecule has 0 fully saturated rings. The molecule has 0 aliphatic heterocycles. The highest BCUT2D eigenvalue weighted by molar-refractivity contribution is 5.95. The van der Waals surface area contributed by atoms with Gasteiger partial charge in [0.15, 0.2) is 0 Å². The van der Waals surface area contributed by atoms with E-state index in [0.717, 1.165) is 32.1 Å². The van der Waals surface area contributed by atoms with E-state index in [0.29, 0.717) is 35.7 Å². The van der Waals surface area contributed by atoms with Gasteiger partial charge >= 0.3 is 0 Å². The third-order valence-electron chi connectivity index (χ3n) is 4.59. The van der Waals surface area contributed by atoms with Gasteiger partial charge in [0, 0.05) is 24.2 Å². The maximum Gasteiger partial charge on any atom is 0.251 e. The van der Waals surface area contributed by atoms with Crippen molar-refractivity contribution >= 4 is 11.8 Å². The van der Waals surface area contributed by atoms with Gasteiger partial charge in [0.1, 0.15) is 11.5 Å². The van der Waals surface area contributed by atoms with Gasteiger partial charge in [-0.3, -0.25) is 9.59 Å². The summed E-state index contributed by atoms with van der Waals surface area (Å²) >= 11 is 0. The van der Waals surface area contributed by atoms with E-state index in [2.05, 4.69) is 10.6 Å². The Hall–Kier alpha value is -3.02. The molecule has 6 nitrogen and oxygen atoms in total. The molecule has 2 amide bonds. The Morgan fingerprint density at radius 1 is 0.690 bits per heavy atom. The molecule has 0 unspecified atom stereocenters. The van der Waals surface area contributed by atoms with Crippen molar-refractivity contribution in [2.24, 2.45) is 0 Å². The number of benzene rings is 2. The van der Waals surface area contributed by atoms with Crippen molar-refractivity contribution in [3.8, 4) is 11.5 Å². The fourth-order valence-electron chi connectivity index (χ4n) is 2.92. The molecule has 0 aromatic heterocycles. The van der Waals surface area contributed by atoms with Gasteiger partial charge in [-0.1, -0.05) is 31.4 Å². The van der Waals surface area contributed by atoms with E-state index in [4.69, 9.17) is 9.47 Å². The summed E-state index contributed by atoms with van der Waals surface area (Å²) in [5.74, 6) is 1.19. The lowest BCUT2D eigenvalue weighted by molar-refractivity contribution is 0.0945. The average molecular weight is 399 g/mol. The molecule has 6 heteroatoms. The number of hydrogen-bond acceptors (Lipinski definition) is 4. The SMILES string of the molecule is COc1cccc(C(=O)NCCCCCCCNC(=O)c2cccc(OC)c2)c1. The van der Waals surface area contributed by atoms with Crippen LogP contribution in [0.2, 0.25) is 0 Å². The number of ether oxygens (including phenoxy) is 2. The number of unbranched alkanes of at least 4 members (excludes halogenated alkanes) is 4. The smallest absolute Gasteiger partial charge is 0.251 e. The molecule has 2 aromatic rings. The summed E-state index contributed by atoms with van der Waals surface area (Å²) in [6, 6.07) is 14.3. The number of hydrogen-bond donors (Lipinski definition) is 2. The zero-order valence-corrected chi connectivity index (χ0v) is 17.2. The topological polar surface area (TPSA) is 76.7 Å². The van der Waals surface area contributed by atoms with E-state index in [1.54, 1.807) is 50.6 Å². The van der Waals surface area contributed by atoms with Gasteiger partial charge < -0.3 is 20.1 Å². The number of carbonyl (C=O) groups excluding carboxylic acids is 2. The Kier molecular flexibility index (Phi) is 9.55. The highest BCUT2D eigenvalue weighted by atomic mass is 16.5. The summed E-state index contributed by atoms with van der Waals surface area (Å²) in [5, 5.41) is 5.87. The molecule has 156 valence electrons. The first kappa shape index (κ1) is 22.3. The number of amides is 2. The minimum atomic E-state index is -0.0795. The highest BCUT2D eigenvalue weighted by Gasteiger charge is 2.06. The van der Waals surface area contributed by atoms with Gasteiger partial charge in [-0.2, -0.15) is 0 Å². The van der Waals surface area contributed by atoms with Crippen LogP contribution in [0.4, 0.5) is 0 Å². The van der Waals surface area contributed by atoms with Crippen LogP contribution in [-0.2, 0) is 0 Å². The average Bonchev–Trinajstić information content (AvgIpc) is 2.77. The fourth-order valence-corrected chi connectivity index (χ4v) is 2.92. The van der Waals surface area contributed by atoms with Gasteiger partial charge in [0.05, 0.1) is 14.2 Å². The molecule has 0 radical (unpaired) electrons. The molecule has 0 atom stereocenters. The summed E-state index contributed by atoms with van der Waals surface area (Å²) in [4.78, 5) is 24.2. The number of nitrogens with one attached hydrogen (secondary N) is 2. The van der Waals surface area contributed by atoms with Gasteiger partial charge in [-0.05, 0) is 49.2 Å². The molecular formula is C23H30N2O4. The normalized spacial score (nSPS) is 10.3. The van der Waals surface area contributed by atoms with Crippen LogP contribution in [0.1, 0.15) is 52.8 Å². The maximum atomic E-state index is 12.1. The number of carbonyl (C=O) groups is 2. The van der Waals surface area contributed by atoms with Crippen LogP contribution in [0.15, 0.2) is 48.5 Å². The van der Waals surface area contributed by atoms with E-state index in [9.17, 15) is 9.59 Å². The highest BCUT2D eigenvalue weighted by Crippen LogP contribution is 2.13. The lowest BCUT2D eigenvalue weighted by Crippen LogP contribution is -2.24. The minimum absolute atomic E-state index is 0.0795. The van der Waals surface area contributed by atoms with Crippen LogP contribution in [0.5, 0.6) is 11.5 Å². The summed E-state index contributed by atoms with van der Waals surface area (Å²) < 4.78 is 10.3. The van der Waals surface area contributed by atoms with E-state index in [1.165, 1.54) is 0 Å². The second-order valence-electron chi connectivity index (χ2n) is 6.74. The third-order valence-corrected chi connectivity index (χ3v) is 4.59. The van der Waals surface area contributed by atoms with Gasteiger partial charge in [-0.15, -0.1) is 0 Å². The minimum Gasteiger partial charge on any atom is -0.497 e. The van der Waals surface area contributed by atoms with E-state index >= 15 is 0 Å². The van der Waals surface area contributed by atoms with Crippen LogP contribution in [0, 0.1) is 0 Å². The van der Waals surface area contributed by atoms with Crippen LogP contribution in [-0.4, -0.2) is 39.1 Å².